The van der Waals surface area contributed by atoms with Gasteiger partial charge >= 0.3 is 0 Å². The Bertz CT molecular complexity index is 975. The molecule has 0 spiro atoms. The van der Waals surface area contributed by atoms with Crippen LogP contribution < -0.4 is 4.90 Å². The third kappa shape index (κ3) is 4.18. The van der Waals surface area contributed by atoms with Gasteiger partial charge in [-0.25, -0.2) is 4.98 Å². The Balaban J connectivity index is 1.66. The van der Waals surface area contributed by atoms with Crippen LogP contribution in [0.2, 0.25) is 0 Å². The van der Waals surface area contributed by atoms with E-state index in [4.69, 9.17) is 9.15 Å². The molecule has 7 nitrogen and oxygen atoms in total. The summed E-state index contributed by atoms with van der Waals surface area (Å²) in [6.07, 6.45) is 0. The molecule has 0 atom stereocenters. The Hall–Kier alpha value is -2.32. The van der Waals surface area contributed by atoms with Crippen molar-refractivity contribution in [2.75, 3.05) is 31.2 Å². The summed E-state index contributed by atoms with van der Waals surface area (Å²) in [4.78, 5) is 6.79. The van der Waals surface area contributed by atoms with Gasteiger partial charge in [0.1, 0.15) is 5.76 Å². The molecule has 2 aromatic heterocycles. The number of rotatable bonds is 6. The average molecular weight is 414 g/mol. The van der Waals surface area contributed by atoms with Crippen molar-refractivity contribution >= 4 is 17.7 Å². The van der Waals surface area contributed by atoms with E-state index in [9.17, 15) is 0 Å². The van der Waals surface area contributed by atoms with Gasteiger partial charge in [-0.15, -0.1) is 10.2 Å². The number of morpholine rings is 1. The predicted molar refractivity (Wildman–Crippen MR) is 114 cm³/mol. The van der Waals surface area contributed by atoms with Gasteiger partial charge in [-0.05, 0) is 25.5 Å². The van der Waals surface area contributed by atoms with E-state index in [1.807, 2.05) is 6.92 Å². The van der Waals surface area contributed by atoms with Crippen LogP contribution >= 0.6 is 11.8 Å². The molecular weight excluding hydrogens is 386 g/mol. The average Bonchev–Trinajstić information content (AvgIpc) is 3.31. The number of aryl methyl sites for hydroxylation is 2. The molecule has 0 N–H and O–H groups in total. The molecule has 0 amide bonds. The third-order valence-corrected chi connectivity index (χ3v) is 5.93. The van der Waals surface area contributed by atoms with Gasteiger partial charge in [-0.2, -0.15) is 0 Å². The number of aromatic nitrogens is 4. The van der Waals surface area contributed by atoms with Gasteiger partial charge in [0.25, 0.3) is 0 Å². The van der Waals surface area contributed by atoms with Crippen molar-refractivity contribution < 1.29 is 9.15 Å². The minimum absolute atomic E-state index is 0.274. The number of thioether (sulfide) groups is 1. The fourth-order valence-corrected chi connectivity index (χ4v) is 4.25. The van der Waals surface area contributed by atoms with Gasteiger partial charge in [-0.1, -0.05) is 43.8 Å². The third-order valence-electron chi connectivity index (χ3n) is 5.00. The second kappa shape index (κ2) is 8.59. The number of hydrogen-bond acceptors (Lipinski definition) is 7. The lowest BCUT2D eigenvalue weighted by atomic mass is 10.2. The predicted octanol–water partition coefficient (Wildman–Crippen LogP) is 4.12. The van der Waals surface area contributed by atoms with E-state index in [1.54, 1.807) is 11.8 Å². The van der Waals surface area contributed by atoms with Crippen LogP contribution in [0.3, 0.4) is 0 Å². The Morgan fingerprint density at radius 2 is 1.86 bits per heavy atom. The largest absolute Gasteiger partial charge is 0.444 e. The Morgan fingerprint density at radius 3 is 2.55 bits per heavy atom. The lowest BCUT2D eigenvalue weighted by Gasteiger charge is -2.28. The molecule has 0 aliphatic carbocycles. The Morgan fingerprint density at radius 1 is 1.10 bits per heavy atom. The molecule has 8 heteroatoms. The first kappa shape index (κ1) is 20.0. The minimum Gasteiger partial charge on any atom is -0.444 e. The van der Waals surface area contributed by atoms with Crippen LogP contribution in [0.4, 0.5) is 5.95 Å². The summed E-state index contributed by atoms with van der Waals surface area (Å²) in [5, 5.41) is 9.92. The highest BCUT2D eigenvalue weighted by Crippen LogP contribution is 2.31. The molecule has 154 valence electrons. The summed E-state index contributed by atoms with van der Waals surface area (Å²) in [5.74, 6) is 3.48. The molecule has 29 heavy (non-hydrogen) atoms. The molecule has 0 bridgehead atoms. The standard InChI is InChI=1S/C21H27N5O2S/c1-14(2)19-22-16(4)18(28-19)13-29-21-24-23-20(25-9-11-27-12-10-25)26(21)17-8-6-5-7-15(17)3/h5-8,14H,9-13H2,1-4H3. The Labute approximate surface area is 175 Å². The van der Waals surface area contributed by atoms with Crippen LogP contribution in [0.25, 0.3) is 5.69 Å². The molecule has 1 saturated heterocycles. The summed E-state index contributed by atoms with van der Waals surface area (Å²) in [5.41, 5.74) is 3.22. The van der Waals surface area contributed by atoms with Gasteiger partial charge in [0.05, 0.1) is 30.3 Å². The van der Waals surface area contributed by atoms with E-state index in [1.165, 1.54) is 5.56 Å². The van der Waals surface area contributed by atoms with E-state index in [2.05, 4.69) is 69.7 Å². The highest BCUT2D eigenvalue weighted by Gasteiger charge is 2.23. The van der Waals surface area contributed by atoms with Crippen molar-refractivity contribution in [3.05, 3.63) is 47.2 Å². The number of anilines is 1. The van der Waals surface area contributed by atoms with Crippen LogP contribution in [0, 0.1) is 13.8 Å². The zero-order valence-corrected chi connectivity index (χ0v) is 18.2. The number of hydrogen-bond donors (Lipinski definition) is 0. The summed E-state index contributed by atoms with van der Waals surface area (Å²) in [6, 6.07) is 8.33. The van der Waals surface area contributed by atoms with Crippen LogP contribution in [0.5, 0.6) is 0 Å². The van der Waals surface area contributed by atoms with E-state index in [-0.39, 0.29) is 5.92 Å². The van der Waals surface area contributed by atoms with E-state index >= 15 is 0 Å². The normalized spacial score (nSPS) is 14.7. The van der Waals surface area contributed by atoms with Crippen molar-refractivity contribution in [1.82, 2.24) is 19.7 Å². The quantitative estimate of drug-likeness (QED) is 0.563. The molecule has 0 unspecified atom stereocenters. The maximum atomic E-state index is 5.97. The second-order valence-corrected chi connectivity index (χ2v) is 8.45. The fraction of sp³-hybridized carbons (Fsp3) is 0.476. The van der Waals surface area contributed by atoms with Crippen LogP contribution in [0.15, 0.2) is 33.8 Å². The SMILES string of the molecule is Cc1ccccc1-n1c(SCc2oc(C(C)C)nc2C)nnc1N1CCOCC1. The molecule has 3 aromatic rings. The maximum absolute atomic E-state index is 5.97. The number of benzene rings is 1. The molecule has 4 rings (SSSR count). The van der Waals surface area contributed by atoms with Gasteiger partial charge in [0, 0.05) is 19.0 Å². The van der Waals surface area contributed by atoms with Gasteiger partial charge < -0.3 is 14.1 Å². The number of ether oxygens (including phenoxy) is 1. The van der Waals surface area contributed by atoms with Gasteiger partial charge in [0.2, 0.25) is 5.95 Å². The van der Waals surface area contributed by atoms with Crippen molar-refractivity contribution in [2.45, 2.75) is 44.5 Å². The van der Waals surface area contributed by atoms with Crippen molar-refractivity contribution in [1.29, 1.82) is 0 Å². The number of oxazole rings is 1. The molecule has 3 heterocycles. The lowest BCUT2D eigenvalue weighted by Crippen LogP contribution is -2.38. The van der Waals surface area contributed by atoms with E-state index in [0.717, 1.165) is 47.2 Å². The van der Waals surface area contributed by atoms with Crippen LogP contribution in [-0.2, 0) is 10.5 Å². The van der Waals surface area contributed by atoms with Gasteiger partial charge in [0.15, 0.2) is 11.0 Å². The molecule has 1 fully saturated rings. The number of nitrogens with zero attached hydrogens (tertiary/aromatic N) is 5. The molecule has 0 saturated carbocycles. The monoisotopic (exact) mass is 413 g/mol. The van der Waals surface area contributed by atoms with Crippen molar-refractivity contribution in [2.24, 2.45) is 0 Å². The summed E-state index contributed by atoms with van der Waals surface area (Å²) in [7, 11) is 0. The summed E-state index contributed by atoms with van der Waals surface area (Å²) >= 11 is 1.63. The molecular formula is C21H27N5O2S. The van der Waals surface area contributed by atoms with Crippen molar-refractivity contribution in [3.63, 3.8) is 0 Å². The molecule has 1 aliphatic rings. The first-order valence-corrected chi connectivity index (χ1v) is 11.0. The highest BCUT2D eigenvalue weighted by molar-refractivity contribution is 7.98. The zero-order chi connectivity index (χ0) is 20.4. The molecule has 1 aliphatic heterocycles. The second-order valence-electron chi connectivity index (χ2n) is 7.51. The van der Waals surface area contributed by atoms with Crippen molar-refractivity contribution in [3.8, 4) is 5.69 Å². The van der Waals surface area contributed by atoms with E-state index < -0.39 is 0 Å². The zero-order valence-electron chi connectivity index (χ0n) is 17.4. The number of para-hydroxylation sites is 1. The topological polar surface area (TPSA) is 69.2 Å². The highest BCUT2D eigenvalue weighted by atomic mass is 32.2. The summed E-state index contributed by atoms with van der Waals surface area (Å²) < 4.78 is 13.6. The summed E-state index contributed by atoms with van der Waals surface area (Å²) in [6.45, 7) is 11.3. The Kier molecular flexibility index (Phi) is 5.91. The molecule has 0 radical (unpaired) electrons. The molecule has 1 aromatic carbocycles. The lowest BCUT2D eigenvalue weighted by molar-refractivity contribution is 0.122. The fourth-order valence-electron chi connectivity index (χ4n) is 3.31. The van der Waals surface area contributed by atoms with Gasteiger partial charge in [-0.3, -0.25) is 4.57 Å². The minimum atomic E-state index is 0.274. The smallest absolute Gasteiger partial charge is 0.232 e. The van der Waals surface area contributed by atoms with Crippen LogP contribution in [0.1, 0.15) is 42.7 Å². The maximum Gasteiger partial charge on any atom is 0.232 e. The van der Waals surface area contributed by atoms with Crippen LogP contribution in [-0.4, -0.2) is 46.1 Å². The van der Waals surface area contributed by atoms with E-state index in [0.29, 0.717) is 19.0 Å². The first-order valence-electron chi connectivity index (χ1n) is 9.97. The first-order chi connectivity index (χ1) is 14.0.